The summed E-state index contributed by atoms with van der Waals surface area (Å²) in [6, 6.07) is 10.2. The van der Waals surface area contributed by atoms with Crippen molar-refractivity contribution in [2.45, 2.75) is 11.4 Å². The van der Waals surface area contributed by atoms with Crippen LogP contribution < -0.4 is 14.2 Å². The highest BCUT2D eigenvalue weighted by atomic mass is 32.2. The summed E-state index contributed by atoms with van der Waals surface area (Å²) in [5.74, 6) is 0.999. The van der Waals surface area contributed by atoms with E-state index in [9.17, 15) is 8.42 Å². The first-order chi connectivity index (χ1) is 13.1. The molecule has 1 aliphatic heterocycles. The van der Waals surface area contributed by atoms with Gasteiger partial charge in [0.15, 0.2) is 11.5 Å². The van der Waals surface area contributed by atoms with Crippen LogP contribution in [0.15, 0.2) is 59.9 Å². The molecule has 1 aromatic carbocycles. The van der Waals surface area contributed by atoms with Gasteiger partial charge in [0.25, 0.3) is 0 Å². The van der Waals surface area contributed by atoms with E-state index in [-0.39, 0.29) is 11.4 Å². The molecule has 2 aromatic heterocycles. The third-order valence-electron chi connectivity index (χ3n) is 4.07. The smallest absolute Gasteiger partial charge is 0.240 e. The Kier molecular flexibility index (Phi) is 4.78. The first-order valence-electron chi connectivity index (χ1n) is 8.45. The van der Waals surface area contributed by atoms with E-state index < -0.39 is 10.0 Å². The van der Waals surface area contributed by atoms with Gasteiger partial charge in [-0.2, -0.15) is 5.10 Å². The van der Waals surface area contributed by atoms with Crippen molar-refractivity contribution in [3.05, 3.63) is 55.0 Å². The molecule has 1 N–H and O–H groups in total. The Morgan fingerprint density at radius 1 is 1.04 bits per heavy atom. The average Bonchev–Trinajstić information content (AvgIpc) is 3.17. The fraction of sp³-hybridized carbons (Fsp3) is 0.222. The van der Waals surface area contributed by atoms with Crippen LogP contribution in [-0.2, 0) is 16.6 Å². The van der Waals surface area contributed by atoms with E-state index in [0.29, 0.717) is 31.3 Å². The molecule has 0 saturated carbocycles. The van der Waals surface area contributed by atoms with Crippen molar-refractivity contribution in [3.8, 4) is 22.8 Å². The molecular formula is C18H18N4O4S. The van der Waals surface area contributed by atoms with Crippen LogP contribution >= 0.6 is 0 Å². The van der Waals surface area contributed by atoms with Crippen molar-refractivity contribution in [3.63, 3.8) is 0 Å². The van der Waals surface area contributed by atoms with Crippen molar-refractivity contribution in [2.24, 2.45) is 0 Å². The molecule has 0 saturated heterocycles. The van der Waals surface area contributed by atoms with Gasteiger partial charge in [-0.1, -0.05) is 0 Å². The number of ether oxygens (including phenoxy) is 2. The highest BCUT2D eigenvalue weighted by molar-refractivity contribution is 7.89. The Labute approximate surface area is 156 Å². The molecule has 27 heavy (non-hydrogen) atoms. The molecule has 3 aromatic rings. The molecule has 0 spiro atoms. The number of nitrogens with zero attached hydrogens (tertiary/aromatic N) is 3. The van der Waals surface area contributed by atoms with Gasteiger partial charge in [-0.25, -0.2) is 13.1 Å². The summed E-state index contributed by atoms with van der Waals surface area (Å²) in [7, 11) is -3.64. The maximum atomic E-state index is 12.5. The predicted octanol–water partition coefficient (Wildman–Crippen LogP) is 1.69. The number of hydrogen-bond donors (Lipinski definition) is 1. The predicted molar refractivity (Wildman–Crippen MR) is 98.1 cm³/mol. The second-order valence-electron chi connectivity index (χ2n) is 5.90. The van der Waals surface area contributed by atoms with E-state index in [1.165, 1.54) is 12.1 Å². The van der Waals surface area contributed by atoms with Crippen LogP contribution in [0.3, 0.4) is 0 Å². The van der Waals surface area contributed by atoms with Gasteiger partial charge in [-0.15, -0.1) is 0 Å². The Morgan fingerprint density at radius 2 is 1.81 bits per heavy atom. The molecule has 0 fully saturated rings. The molecule has 0 unspecified atom stereocenters. The van der Waals surface area contributed by atoms with E-state index in [2.05, 4.69) is 14.8 Å². The summed E-state index contributed by atoms with van der Waals surface area (Å²) in [6.45, 7) is 1.49. The molecule has 1 aliphatic rings. The van der Waals surface area contributed by atoms with Crippen LogP contribution in [0.5, 0.6) is 11.5 Å². The van der Waals surface area contributed by atoms with Crippen LogP contribution in [-0.4, -0.2) is 42.9 Å². The van der Waals surface area contributed by atoms with Crippen molar-refractivity contribution in [1.82, 2.24) is 19.5 Å². The average molecular weight is 386 g/mol. The molecule has 0 amide bonds. The van der Waals surface area contributed by atoms with Crippen molar-refractivity contribution >= 4 is 10.0 Å². The Bertz CT molecular complexity index is 1030. The van der Waals surface area contributed by atoms with Gasteiger partial charge in [0, 0.05) is 36.8 Å². The maximum Gasteiger partial charge on any atom is 0.240 e. The lowest BCUT2D eigenvalue weighted by atomic mass is 10.2. The zero-order valence-corrected chi connectivity index (χ0v) is 15.2. The highest BCUT2D eigenvalue weighted by Crippen LogP contribution is 2.32. The molecule has 0 atom stereocenters. The number of sulfonamides is 1. The van der Waals surface area contributed by atoms with Gasteiger partial charge in [-0.05, 0) is 30.3 Å². The molecular weight excluding hydrogens is 368 g/mol. The molecule has 0 aliphatic carbocycles. The summed E-state index contributed by atoms with van der Waals surface area (Å²) in [6.07, 6.45) is 5.22. The largest absolute Gasteiger partial charge is 0.486 e. The van der Waals surface area contributed by atoms with Crippen LogP contribution in [0.1, 0.15) is 0 Å². The highest BCUT2D eigenvalue weighted by Gasteiger charge is 2.19. The number of rotatable bonds is 6. The van der Waals surface area contributed by atoms with Crippen molar-refractivity contribution in [2.75, 3.05) is 19.8 Å². The van der Waals surface area contributed by atoms with Gasteiger partial charge in [0.2, 0.25) is 10.0 Å². The molecule has 0 bridgehead atoms. The van der Waals surface area contributed by atoms with Crippen LogP contribution in [0, 0.1) is 0 Å². The number of nitrogens with one attached hydrogen (secondary N) is 1. The number of benzene rings is 1. The molecule has 4 rings (SSSR count). The van der Waals surface area contributed by atoms with Crippen molar-refractivity contribution < 1.29 is 17.9 Å². The third kappa shape index (κ3) is 3.93. The quantitative estimate of drug-likeness (QED) is 0.693. The Balaban J connectivity index is 1.39. The third-order valence-corrected chi connectivity index (χ3v) is 5.53. The summed E-state index contributed by atoms with van der Waals surface area (Å²) in [5, 5.41) is 4.45. The molecule has 3 heterocycles. The number of aromatic nitrogens is 3. The minimum atomic E-state index is -3.64. The first-order valence-corrected chi connectivity index (χ1v) is 9.93. The van der Waals surface area contributed by atoms with Gasteiger partial charge in [0.1, 0.15) is 13.2 Å². The summed E-state index contributed by atoms with van der Waals surface area (Å²) in [5.41, 5.74) is 1.77. The van der Waals surface area contributed by atoms with E-state index in [0.717, 1.165) is 11.3 Å². The standard InChI is InChI=1S/C18H18N4O4S/c23-27(24,15-1-2-17-18(13-15)26-12-11-25-17)20-8-10-22-9-5-16(21-22)14-3-6-19-7-4-14/h1-7,9,13,20H,8,10-12H2. The monoisotopic (exact) mass is 386 g/mol. The zero-order chi connectivity index (χ0) is 18.7. The summed E-state index contributed by atoms with van der Waals surface area (Å²) >= 11 is 0. The SMILES string of the molecule is O=S(=O)(NCCn1ccc(-c2ccncc2)n1)c1ccc2c(c1)OCCO2. The van der Waals surface area contributed by atoms with Gasteiger partial charge >= 0.3 is 0 Å². The summed E-state index contributed by atoms with van der Waals surface area (Å²) in [4.78, 5) is 4.13. The number of hydrogen-bond acceptors (Lipinski definition) is 6. The van der Waals surface area contributed by atoms with Crippen LogP contribution in [0.2, 0.25) is 0 Å². The molecule has 0 radical (unpaired) electrons. The Hall–Kier alpha value is -2.91. The number of pyridine rings is 1. The lowest BCUT2D eigenvalue weighted by molar-refractivity contribution is 0.171. The van der Waals surface area contributed by atoms with Gasteiger partial charge < -0.3 is 9.47 Å². The normalized spacial score (nSPS) is 13.5. The molecule has 9 heteroatoms. The van der Waals surface area contributed by atoms with E-state index in [4.69, 9.17) is 9.47 Å². The topological polar surface area (TPSA) is 95.3 Å². The second kappa shape index (κ2) is 7.37. The van der Waals surface area contributed by atoms with E-state index in [1.54, 1.807) is 23.1 Å². The lowest BCUT2D eigenvalue weighted by Gasteiger charge is -2.18. The maximum absolute atomic E-state index is 12.5. The molecule has 140 valence electrons. The number of fused-ring (bicyclic) bond motifs is 1. The first kappa shape index (κ1) is 17.5. The van der Waals surface area contributed by atoms with E-state index in [1.807, 2.05) is 24.4 Å². The van der Waals surface area contributed by atoms with Crippen LogP contribution in [0.25, 0.3) is 11.3 Å². The van der Waals surface area contributed by atoms with Crippen LogP contribution in [0.4, 0.5) is 0 Å². The van der Waals surface area contributed by atoms with Crippen molar-refractivity contribution in [1.29, 1.82) is 0 Å². The summed E-state index contributed by atoms with van der Waals surface area (Å²) < 4.78 is 40.1. The fourth-order valence-electron chi connectivity index (χ4n) is 2.73. The Morgan fingerprint density at radius 3 is 2.63 bits per heavy atom. The molecule has 8 nitrogen and oxygen atoms in total. The second-order valence-corrected chi connectivity index (χ2v) is 7.67. The minimum Gasteiger partial charge on any atom is -0.486 e. The minimum absolute atomic E-state index is 0.143. The lowest BCUT2D eigenvalue weighted by Crippen LogP contribution is -2.27. The fourth-order valence-corrected chi connectivity index (χ4v) is 3.77. The van der Waals surface area contributed by atoms with Gasteiger partial charge in [0.05, 0.1) is 17.1 Å². The van der Waals surface area contributed by atoms with E-state index >= 15 is 0 Å². The zero-order valence-electron chi connectivity index (χ0n) is 14.4. The van der Waals surface area contributed by atoms with Gasteiger partial charge in [-0.3, -0.25) is 9.67 Å².